The molecule has 2 heteroatoms. The van der Waals surface area contributed by atoms with E-state index in [0.29, 0.717) is 0 Å². The minimum atomic E-state index is 1.25. The number of thioether (sulfide) groups is 1. The first-order chi connectivity index (χ1) is 5.57. The van der Waals surface area contributed by atoms with Crippen LogP contribution in [0.1, 0.15) is 16.7 Å². The van der Waals surface area contributed by atoms with Gasteiger partial charge in [0.2, 0.25) is 0 Å². The third kappa shape index (κ3) is 1.69. The molecule has 66 valence electrons. The molecule has 1 aromatic carbocycles. The summed E-state index contributed by atoms with van der Waals surface area (Å²) >= 11 is 5.41. The number of hydrogen-bond donors (Lipinski definition) is 0. The maximum atomic E-state index is 3.59. The third-order valence-electron chi connectivity index (χ3n) is 2.01. The van der Waals surface area contributed by atoms with Crippen LogP contribution >= 0.6 is 27.7 Å². The Kier molecular flexibility index (Phi) is 3.24. The van der Waals surface area contributed by atoms with Gasteiger partial charge in [-0.3, -0.25) is 0 Å². The summed E-state index contributed by atoms with van der Waals surface area (Å²) in [5.41, 5.74) is 4.06. The van der Waals surface area contributed by atoms with Gasteiger partial charge in [0.15, 0.2) is 0 Å². The molecule has 0 heterocycles. The van der Waals surface area contributed by atoms with Crippen LogP contribution in [0.5, 0.6) is 0 Å². The van der Waals surface area contributed by atoms with Crippen molar-refractivity contribution in [3.05, 3.63) is 27.2 Å². The lowest BCUT2D eigenvalue weighted by molar-refractivity contribution is 1.17. The van der Waals surface area contributed by atoms with Crippen LogP contribution in [0, 0.1) is 20.8 Å². The minimum absolute atomic E-state index is 1.25. The molecule has 0 aliphatic rings. The lowest BCUT2D eigenvalue weighted by Gasteiger charge is -2.11. The Morgan fingerprint density at radius 2 is 1.75 bits per heavy atom. The molecule has 0 atom stereocenters. The van der Waals surface area contributed by atoms with Crippen LogP contribution in [0.2, 0.25) is 0 Å². The first-order valence-corrected chi connectivity index (χ1v) is 5.90. The van der Waals surface area contributed by atoms with Crippen molar-refractivity contribution in [1.82, 2.24) is 0 Å². The van der Waals surface area contributed by atoms with Gasteiger partial charge >= 0.3 is 0 Å². The van der Waals surface area contributed by atoms with E-state index in [2.05, 4.69) is 49.0 Å². The molecule has 0 saturated carbocycles. The maximum Gasteiger partial charge on any atom is 0.0245 e. The summed E-state index contributed by atoms with van der Waals surface area (Å²) in [6.45, 7) is 6.46. The molecule has 1 rings (SSSR count). The molecule has 0 aliphatic carbocycles. The van der Waals surface area contributed by atoms with Gasteiger partial charge in [-0.1, -0.05) is 22.0 Å². The summed E-state index contributed by atoms with van der Waals surface area (Å²) in [7, 11) is 0. The van der Waals surface area contributed by atoms with E-state index in [4.69, 9.17) is 0 Å². The lowest BCUT2D eigenvalue weighted by atomic mass is 10.1. The summed E-state index contributed by atoms with van der Waals surface area (Å²) in [4.78, 5) is 1.40. The zero-order valence-corrected chi connectivity index (χ0v) is 10.3. The van der Waals surface area contributed by atoms with Crippen molar-refractivity contribution in [2.45, 2.75) is 25.7 Å². The molecule has 0 aliphatic heterocycles. The topological polar surface area (TPSA) is 0 Å². The zero-order valence-electron chi connectivity index (χ0n) is 7.86. The Balaban J connectivity index is 3.40. The predicted octanol–water partition coefficient (Wildman–Crippen LogP) is 4.10. The van der Waals surface area contributed by atoms with E-state index in [-0.39, 0.29) is 0 Å². The van der Waals surface area contributed by atoms with Gasteiger partial charge in [0.25, 0.3) is 0 Å². The third-order valence-corrected chi connectivity index (χ3v) is 4.27. The molecule has 0 bridgehead atoms. The first kappa shape index (κ1) is 10.1. The van der Waals surface area contributed by atoms with Gasteiger partial charge in [0.1, 0.15) is 0 Å². The molecule has 0 fully saturated rings. The van der Waals surface area contributed by atoms with Crippen molar-refractivity contribution in [1.29, 1.82) is 0 Å². The van der Waals surface area contributed by atoms with E-state index in [1.807, 2.05) is 11.8 Å². The van der Waals surface area contributed by atoms with Crippen molar-refractivity contribution < 1.29 is 0 Å². The molecule has 0 unspecified atom stereocenters. The van der Waals surface area contributed by atoms with E-state index < -0.39 is 0 Å². The Morgan fingerprint density at radius 1 is 1.17 bits per heavy atom. The van der Waals surface area contributed by atoms with Gasteiger partial charge in [0, 0.05) is 9.37 Å². The highest BCUT2D eigenvalue weighted by Crippen LogP contribution is 2.32. The van der Waals surface area contributed by atoms with E-state index in [1.54, 1.807) is 0 Å². The molecular formula is C10H13BrS. The molecule has 0 N–H and O–H groups in total. The zero-order chi connectivity index (χ0) is 9.30. The van der Waals surface area contributed by atoms with E-state index in [1.165, 1.54) is 26.1 Å². The number of benzene rings is 1. The second-order valence-corrected chi connectivity index (χ2v) is 4.59. The Morgan fingerprint density at radius 3 is 2.25 bits per heavy atom. The number of hydrogen-bond acceptors (Lipinski definition) is 1. The summed E-state index contributed by atoms with van der Waals surface area (Å²) in [5, 5.41) is 0. The predicted molar refractivity (Wildman–Crippen MR) is 60.1 cm³/mol. The Bertz CT molecular complexity index is 305. The molecule has 12 heavy (non-hydrogen) atoms. The van der Waals surface area contributed by atoms with E-state index in [0.717, 1.165) is 0 Å². The fourth-order valence-corrected chi connectivity index (χ4v) is 2.69. The number of aryl methyl sites for hydroxylation is 2. The molecular weight excluding hydrogens is 232 g/mol. The van der Waals surface area contributed by atoms with Gasteiger partial charge in [-0.2, -0.15) is 0 Å². The van der Waals surface area contributed by atoms with Gasteiger partial charge in [0.05, 0.1) is 0 Å². The Labute approximate surface area is 86.9 Å². The van der Waals surface area contributed by atoms with Crippen LogP contribution in [-0.4, -0.2) is 6.26 Å². The van der Waals surface area contributed by atoms with Crippen LogP contribution in [0.4, 0.5) is 0 Å². The number of rotatable bonds is 1. The molecule has 0 nitrogen and oxygen atoms in total. The lowest BCUT2D eigenvalue weighted by Crippen LogP contribution is -1.89. The van der Waals surface area contributed by atoms with Crippen LogP contribution in [-0.2, 0) is 0 Å². The fourth-order valence-electron chi connectivity index (χ4n) is 1.46. The normalized spacial score (nSPS) is 10.4. The summed E-state index contributed by atoms with van der Waals surface area (Å²) in [6, 6.07) is 2.23. The second-order valence-electron chi connectivity index (χ2n) is 2.98. The highest BCUT2D eigenvalue weighted by Gasteiger charge is 2.07. The average molecular weight is 245 g/mol. The average Bonchev–Trinajstić information content (AvgIpc) is 2.01. The van der Waals surface area contributed by atoms with E-state index >= 15 is 0 Å². The smallest absolute Gasteiger partial charge is 0.0245 e. The van der Waals surface area contributed by atoms with Gasteiger partial charge in [-0.05, 0) is 43.7 Å². The SMILES string of the molecule is CSc1c(C)cc(C)c(Br)c1C. The summed E-state index contributed by atoms with van der Waals surface area (Å²) in [5.74, 6) is 0. The highest BCUT2D eigenvalue weighted by atomic mass is 79.9. The monoisotopic (exact) mass is 244 g/mol. The summed E-state index contributed by atoms with van der Waals surface area (Å²) < 4.78 is 1.25. The van der Waals surface area contributed by atoms with Gasteiger partial charge in [-0.25, -0.2) is 0 Å². The van der Waals surface area contributed by atoms with Crippen molar-refractivity contribution >= 4 is 27.7 Å². The standard InChI is InChI=1S/C10H13BrS/c1-6-5-7(2)10(12-4)8(3)9(6)11/h5H,1-4H3. The fraction of sp³-hybridized carbons (Fsp3) is 0.400. The molecule has 0 spiro atoms. The maximum absolute atomic E-state index is 3.59. The Hall–Kier alpha value is 0.0500. The quantitative estimate of drug-likeness (QED) is 0.671. The van der Waals surface area contributed by atoms with Crippen molar-refractivity contribution in [3.63, 3.8) is 0 Å². The molecule has 0 saturated heterocycles. The van der Waals surface area contributed by atoms with Crippen molar-refractivity contribution in [2.24, 2.45) is 0 Å². The highest BCUT2D eigenvalue weighted by molar-refractivity contribution is 9.10. The molecule has 0 aromatic heterocycles. The summed E-state index contributed by atoms with van der Waals surface area (Å²) in [6.07, 6.45) is 2.12. The number of halogens is 1. The molecule has 1 aromatic rings. The van der Waals surface area contributed by atoms with Crippen LogP contribution in [0.15, 0.2) is 15.4 Å². The van der Waals surface area contributed by atoms with Gasteiger partial charge < -0.3 is 0 Å². The first-order valence-electron chi connectivity index (χ1n) is 3.88. The van der Waals surface area contributed by atoms with Crippen LogP contribution in [0.25, 0.3) is 0 Å². The molecule has 0 amide bonds. The van der Waals surface area contributed by atoms with E-state index in [9.17, 15) is 0 Å². The van der Waals surface area contributed by atoms with Crippen molar-refractivity contribution in [3.8, 4) is 0 Å². The minimum Gasteiger partial charge on any atom is -0.129 e. The van der Waals surface area contributed by atoms with Gasteiger partial charge in [-0.15, -0.1) is 11.8 Å². The van der Waals surface area contributed by atoms with Crippen LogP contribution in [0.3, 0.4) is 0 Å². The second kappa shape index (κ2) is 3.84. The van der Waals surface area contributed by atoms with Crippen molar-refractivity contribution in [2.75, 3.05) is 6.26 Å². The van der Waals surface area contributed by atoms with Crippen LogP contribution < -0.4 is 0 Å². The molecule has 0 radical (unpaired) electrons. The largest absolute Gasteiger partial charge is 0.129 e.